The van der Waals surface area contributed by atoms with Gasteiger partial charge in [-0.3, -0.25) is 4.79 Å². The third kappa shape index (κ3) is 4.87. The first-order chi connectivity index (χ1) is 9.78. The number of ether oxygens (including phenoxy) is 1. The molecule has 1 aliphatic carbocycles. The van der Waals surface area contributed by atoms with Crippen molar-refractivity contribution >= 4 is 5.91 Å². The molecule has 0 spiro atoms. The second kappa shape index (κ2) is 7.93. The van der Waals surface area contributed by atoms with Crippen LogP contribution in [-0.2, 0) is 11.2 Å². The van der Waals surface area contributed by atoms with Crippen molar-refractivity contribution in [1.82, 2.24) is 5.32 Å². The van der Waals surface area contributed by atoms with Crippen LogP contribution in [0.25, 0.3) is 0 Å². The van der Waals surface area contributed by atoms with Crippen LogP contribution in [0.2, 0.25) is 0 Å². The van der Waals surface area contributed by atoms with Crippen LogP contribution in [0.3, 0.4) is 0 Å². The van der Waals surface area contributed by atoms with E-state index in [-0.39, 0.29) is 5.91 Å². The molecule has 0 radical (unpaired) electrons. The van der Waals surface area contributed by atoms with Crippen LogP contribution in [0.1, 0.15) is 44.1 Å². The van der Waals surface area contributed by atoms with Gasteiger partial charge in [0.25, 0.3) is 0 Å². The SMILES string of the molecule is COc1cccc(CCCCNC(=O)CC2CCC2)c1. The maximum atomic E-state index is 11.6. The molecule has 1 N–H and O–H groups in total. The summed E-state index contributed by atoms with van der Waals surface area (Å²) in [6, 6.07) is 8.19. The summed E-state index contributed by atoms with van der Waals surface area (Å²) in [7, 11) is 1.69. The number of benzene rings is 1. The molecule has 1 aliphatic rings. The Labute approximate surface area is 121 Å². The summed E-state index contributed by atoms with van der Waals surface area (Å²) in [6.45, 7) is 0.801. The molecule has 2 rings (SSSR count). The molecule has 0 bridgehead atoms. The van der Waals surface area contributed by atoms with Crippen LogP contribution in [0, 0.1) is 5.92 Å². The summed E-state index contributed by atoms with van der Waals surface area (Å²) in [4.78, 5) is 11.6. The monoisotopic (exact) mass is 275 g/mol. The Balaban J connectivity index is 1.55. The smallest absolute Gasteiger partial charge is 0.220 e. The van der Waals surface area contributed by atoms with Gasteiger partial charge in [0.2, 0.25) is 5.91 Å². The van der Waals surface area contributed by atoms with E-state index in [9.17, 15) is 4.79 Å². The van der Waals surface area contributed by atoms with E-state index >= 15 is 0 Å². The van der Waals surface area contributed by atoms with E-state index in [1.807, 2.05) is 12.1 Å². The predicted octanol–water partition coefficient (Wildman–Crippen LogP) is 3.32. The summed E-state index contributed by atoms with van der Waals surface area (Å²) in [5.41, 5.74) is 1.30. The van der Waals surface area contributed by atoms with Crippen LogP contribution in [0.15, 0.2) is 24.3 Å². The van der Waals surface area contributed by atoms with Crippen molar-refractivity contribution in [3.8, 4) is 5.75 Å². The second-order valence-corrected chi connectivity index (χ2v) is 5.66. The fourth-order valence-electron chi connectivity index (χ4n) is 2.54. The molecule has 0 aliphatic heterocycles. The molecule has 110 valence electrons. The number of aryl methyl sites for hydroxylation is 1. The maximum Gasteiger partial charge on any atom is 0.220 e. The molecule has 1 fully saturated rings. The summed E-state index contributed by atoms with van der Waals surface area (Å²) in [5.74, 6) is 1.80. The van der Waals surface area contributed by atoms with E-state index in [4.69, 9.17) is 4.74 Å². The van der Waals surface area contributed by atoms with Crippen molar-refractivity contribution in [2.24, 2.45) is 5.92 Å². The third-order valence-electron chi connectivity index (χ3n) is 4.05. The fraction of sp³-hybridized carbons (Fsp3) is 0.588. The summed E-state index contributed by atoms with van der Waals surface area (Å²) in [5, 5.41) is 3.03. The van der Waals surface area contributed by atoms with Crippen molar-refractivity contribution in [3.63, 3.8) is 0 Å². The van der Waals surface area contributed by atoms with E-state index in [2.05, 4.69) is 17.4 Å². The maximum absolute atomic E-state index is 11.6. The zero-order chi connectivity index (χ0) is 14.2. The standard InChI is InChI=1S/C17H25NO2/c1-20-16-10-5-9-14(12-16)6-2-3-11-18-17(19)13-15-7-4-8-15/h5,9-10,12,15H,2-4,6-8,11,13H2,1H3,(H,18,19). The molecule has 1 amide bonds. The molecule has 1 aromatic rings. The molecule has 0 heterocycles. The normalized spacial score (nSPS) is 14.7. The Kier molecular flexibility index (Phi) is 5.90. The van der Waals surface area contributed by atoms with E-state index in [0.29, 0.717) is 5.92 Å². The highest BCUT2D eigenvalue weighted by atomic mass is 16.5. The highest BCUT2D eigenvalue weighted by Gasteiger charge is 2.20. The number of carbonyl (C=O) groups is 1. The number of unbranched alkanes of at least 4 members (excludes halogenated alkanes) is 1. The lowest BCUT2D eigenvalue weighted by Crippen LogP contribution is -2.28. The van der Waals surface area contributed by atoms with Gasteiger partial charge in [0.1, 0.15) is 5.75 Å². The second-order valence-electron chi connectivity index (χ2n) is 5.66. The number of amides is 1. The summed E-state index contributed by atoms with van der Waals surface area (Å²) in [6.07, 6.45) is 7.68. The van der Waals surface area contributed by atoms with Crippen molar-refractivity contribution in [1.29, 1.82) is 0 Å². The van der Waals surface area contributed by atoms with Crippen LogP contribution < -0.4 is 10.1 Å². The minimum Gasteiger partial charge on any atom is -0.497 e. The van der Waals surface area contributed by atoms with Gasteiger partial charge in [-0.05, 0) is 55.7 Å². The van der Waals surface area contributed by atoms with Crippen molar-refractivity contribution in [2.45, 2.75) is 44.9 Å². The summed E-state index contributed by atoms with van der Waals surface area (Å²) >= 11 is 0. The minimum absolute atomic E-state index is 0.232. The molecule has 1 saturated carbocycles. The van der Waals surface area contributed by atoms with Gasteiger partial charge in [0.05, 0.1) is 7.11 Å². The van der Waals surface area contributed by atoms with Gasteiger partial charge in [-0.15, -0.1) is 0 Å². The molecule has 0 saturated heterocycles. The molecule has 0 unspecified atom stereocenters. The zero-order valence-corrected chi connectivity index (χ0v) is 12.4. The quantitative estimate of drug-likeness (QED) is 0.739. The van der Waals surface area contributed by atoms with Crippen LogP contribution >= 0.6 is 0 Å². The van der Waals surface area contributed by atoms with Gasteiger partial charge in [-0.2, -0.15) is 0 Å². The molecule has 3 heteroatoms. The Morgan fingerprint density at radius 3 is 2.90 bits per heavy atom. The van der Waals surface area contributed by atoms with Crippen LogP contribution in [-0.4, -0.2) is 19.6 Å². The zero-order valence-electron chi connectivity index (χ0n) is 12.4. The van der Waals surface area contributed by atoms with Gasteiger partial charge in [0, 0.05) is 13.0 Å². The van der Waals surface area contributed by atoms with E-state index in [1.165, 1.54) is 24.8 Å². The minimum atomic E-state index is 0.232. The Bertz CT molecular complexity index is 427. The largest absolute Gasteiger partial charge is 0.497 e. The lowest BCUT2D eigenvalue weighted by atomic mass is 9.83. The Morgan fingerprint density at radius 2 is 2.20 bits per heavy atom. The van der Waals surface area contributed by atoms with Gasteiger partial charge in [0.15, 0.2) is 0 Å². The third-order valence-corrected chi connectivity index (χ3v) is 4.05. The number of hydrogen-bond donors (Lipinski definition) is 1. The molecule has 0 aromatic heterocycles. The van der Waals surface area contributed by atoms with Gasteiger partial charge >= 0.3 is 0 Å². The average molecular weight is 275 g/mol. The Morgan fingerprint density at radius 1 is 1.35 bits per heavy atom. The van der Waals surface area contributed by atoms with Gasteiger partial charge in [-0.1, -0.05) is 18.6 Å². The van der Waals surface area contributed by atoms with Gasteiger partial charge < -0.3 is 10.1 Å². The lowest BCUT2D eigenvalue weighted by molar-refractivity contribution is -0.122. The van der Waals surface area contributed by atoms with E-state index in [1.54, 1.807) is 7.11 Å². The highest BCUT2D eigenvalue weighted by Crippen LogP contribution is 2.29. The first kappa shape index (κ1) is 14.9. The topological polar surface area (TPSA) is 38.3 Å². The van der Waals surface area contributed by atoms with Crippen LogP contribution in [0.4, 0.5) is 0 Å². The van der Waals surface area contributed by atoms with Gasteiger partial charge in [-0.25, -0.2) is 0 Å². The fourth-order valence-corrected chi connectivity index (χ4v) is 2.54. The molecule has 1 aromatic carbocycles. The van der Waals surface area contributed by atoms with Crippen LogP contribution in [0.5, 0.6) is 5.75 Å². The van der Waals surface area contributed by atoms with Crippen molar-refractivity contribution < 1.29 is 9.53 Å². The number of hydrogen-bond acceptors (Lipinski definition) is 2. The summed E-state index contributed by atoms with van der Waals surface area (Å²) < 4.78 is 5.21. The molecule has 3 nitrogen and oxygen atoms in total. The van der Waals surface area contributed by atoms with E-state index < -0.39 is 0 Å². The molecular formula is C17H25NO2. The predicted molar refractivity (Wildman–Crippen MR) is 80.9 cm³/mol. The lowest BCUT2D eigenvalue weighted by Gasteiger charge is -2.24. The molecule has 20 heavy (non-hydrogen) atoms. The van der Waals surface area contributed by atoms with E-state index in [0.717, 1.165) is 38.0 Å². The number of methoxy groups -OCH3 is 1. The molecule has 0 atom stereocenters. The number of rotatable bonds is 8. The first-order valence-electron chi connectivity index (χ1n) is 7.67. The molecular weight excluding hydrogens is 250 g/mol. The Hall–Kier alpha value is -1.51. The van der Waals surface area contributed by atoms with Crippen molar-refractivity contribution in [3.05, 3.63) is 29.8 Å². The number of nitrogens with one attached hydrogen (secondary N) is 1. The number of carbonyl (C=O) groups excluding carboxylic acids is 1. The average Bonchev–Trinajstić information content (AvgIpc) is 2.43. The van der Waals surface area contributed by atoms with Crippen molar-refractivity contribution in [2.75, 3.05) is 13.7 Å². The first-order valence-corrected chi connectivity index (χ1v) is 7.67. The highest BCUT2D eigenvalue weighted by molar-refractivity contribution is 5.76.